The van der Waals surface area contributed by atoms with Crippen molar-refractivity contribution in [3.63, 3.8) is 0 Å². The van der Waals surface area contributed by atoms with Crippen LogP contribution in [0.25, 0.3) is 0 Å². The van der Waals surface area contributed by atoms with Crippen molar-refractivity contribution in [3.05, 3.63) is 41.5 Å². The normalized spacial score (nSPS) is 19.0. The highest BCUT2D eigenvalue weighted by Crippen LogP contribution is 2.50. The lowest BCUT2D eigenvalue weighted by Crippen LogP contribution is -2.09. The third kappa shape index (κ3) is 2.52. The van der Waals surface area contributed by atoms with Gasteiger partial charge in [0.25, 0.3) is 0 Å². The Balaban J connectivity index is 2.06. The smallest absolute Gasteiger partial charge is 0.164 e. The van der Waals surface area contributed by atoms with Crippen LogP contribution in [-0.2, 0) is 0 Å². The molecular weight excluding hydrogens is 296 g/mol. The van der Waals surface area contributed by atoms with Crippen LogP contribution in [0.5, 0.6) is 28.7 Å². The molecule has 1 N–H and O–H groups in total. The Morgan fingerprint density at radius 2 is 1.52 bits per heavy atom. The Hall–Kier alpha value is -2.56. The monoisotopic (exact) mass is 316 g/mol. The van der Waals surface area contributed by atoms with E-state index in [-0.39, 0.29) is 17.8 Å². The number of phenols is 1. The summed E-state index contributed by atoms with van der Waals surface area (Å²) in [5.41, 5.74) is 1.86. The van der Waals surface area contributed by atoms with Crippen LogP contribution in [0.15, 0.2) is 30.3 Å². The Bertz CT molecular complexity index is 726. The molecule has 0 aromatic heterocycles. The third-order valence-corrected chi connectivity index (χ3v) is 4.23. The lowest BCUT2D eigenvalue weighted by atomic mass is 9.92. The maximum absolute atomic E-state index is 9.71. The summed E-state index contributed by atoms with van der Waals surface area (Å²) in [6, 6.07) is 8.83. The maximum atomic E-state index is 9.71. The molecule has 0 bridgehead atoms. The minimum atomic E-state index is -0.221. The molecule has 1 heterocycles. The van der Waals surface area contributed by atoms with E-state index in [4.69, 9.17) is 18.9 Å². The molecular formula is C18H20O5. The zero-order chi connectivity index (χ0) is 16.6. The van der Waals surface area contributed by atoms with Crippen molar-refractivity contribution in [3.8, 4) is 28.7 Å². The molecule has 0 amide bonds. The van der Waals surface area contributed by atoms with E-state index in [2.05, 4.69) is 6.92 Å². The second-order valence-corrected chi connectivity index (χ2v) is 5.50. The number of hydrogen-bond donors (Lipinski definition) is 1. The SMILES string of the molecule is COc1cc(OC)c([C@H]2Oc3ccc(O)cc3[C@@H]2C)cc1OC. The predicted molar refractivity (Wildman–Crippen MR) is 86.0 cm³/mol. The lowest BCUT2D eigenvalue weighted by molar-refractivity contribution is 0.209. The molecule has 122 valence electrons. The molecule has 2 aromatic rings. The molecule has 2 atom stereocenters. The fourth-order valence-corrected chi connectivity index (χ4v) is 3.01. The Morgan fingerprint density at radius 3 is 2.17 bits per heavy atom. The minimum absolute atomic E-state index is 0.0732. The molecule has 2 aromatic carbocycles. The Labute approximate surface area is 135 Å². The molecule has 0 fully saturated rings. The van der Waals surface area contributed by atoms with Gasteiger partial charge >= 0.3 is 0 Å². The van der Waals surface area contributed by atoms with Crippen LogP contribution in [0.3, 0.4) is 0 Å². The Morgan fingerprint density at radius 1 is 0.870 bits per heavy atom. The van der Waals surface area contributed by atoms with Crippen LogP contribution in [-0.4, -0.2) is 26.4 Å². The first kappa shape index (κ1) is 15.3. The number of phenolic OH excluding ortho intramolecular Hbond substituents is 1. The molecule has 1 aliphatic rings. The van der Waals surface area contributed by atoms with Crippen LogP contribution in [0.1, 0.15) is 30.1 Å². The maximum Gasteiger partial charge on any atom is 0.164 e. The molecule has 1 aliphatic heterocycles. The van der Waals surface area contributed by atoms with Gasteiger partial charge in [0.15, 0.2) is 11.5 Å². The van der Waals surface area contributed by atoms with Crippen molar-refractivity contribution in [2.24, 2.45) is 0 Å². The summed E-state index contributed by atoms with van der Waals surface area (Å²) in [4.78, 5) is 0. The second kappa shape index (κ2) is 5.91. The highest BCUT2D eigenvalue weighted by atomic mass is 16.5. The summed E-state index contributed by atoms with van der Waals surface area (Å²) in [6.07, 6.45) is -0.221. The van der Waals surface area contributed by atoms with Crippen molar-refractivity contribution in [2.75, 3.05) is 21.3 Å². The summed E-state index contributed by atoms with van der Waals surface area (Å²) < 4.78 is 22.3. The third-order valence-electron chi connectivity index (χ3n) is 4.23. The van der Waals surface area contributed by atoms with Crippen LogP contribution < -0.4 is 18.9 Å². The van der Waals surface area contributed by atoms with Gasteiger partial charge in [-0.15, -0.1) is 0 Å². The van der Waals surface area contributed by atoms with Crippen LogP contribution in [0.2, 0.25) is 0 Å². The first-order chi connectivity index (χ1) is 11.1. The second-order valence-electron chi connectivity index (χ2n) is 5.50. The van der Waals surface area contributed by atoms with E-state index < -0.39 is 0 Å². The predicted octanol–water partition coefficient (Wildman–Crippen LogP) is 3.66. The van der Waals surface area contributed by atoms with E-state index in [1.54, 1.807) is 45.6 Å². The standard InChI is InChI=1S/C18H20O5/c1-10-12-7-11(19)5-6-14(12)23-18(10)13-8-16(21-3)17(22-4)9-15(13)20-2/h5-10,18-19H,1-4H3/t10-,18-/m0/s1. The number of fused-ring (bicyclic) bond motifs is 1. The molecule has 3 rings (SSSR count). The molecule has 0 spiro atoms. The largest absolute Gasteiger partial charge is 0.508 e. The van der Waals surface area contributed by atoms with Crippen molar-refractivity contribution in [1.29, 1.82) is 0 Å². The van der Waals surface area contributed by atoms with Gasteiger partial charge in [-0.05, 0) is 24.3 Å². The average Bonchev–Trinajstić information content (AvgIpc) is 2.89. The highest BCUT2D eigenvalue weighted by molar-refractivity contribution is 5.54. The number of hydrogen-bond acceptors (Lipinski definition) is 5. The van der Waals surface area contributed by atoms with E-state index in [1.807, 2.05) is 6.07 Å². The van der Waals surface area contributed by atoms with Gasteiger partial charge in [-0.1, -0.05) is 6.92 Å². The zero-order valence-corrected chi connectivity index (χ0v) is 13.6. The first-order valence-corrected chi connectivity index (χ1v) is 7.38. The highest BCUT2D eigenvalue weighted by Gasteiger charge is 2.35. The summed E-state index contributed by atoms with van der Waals surface area (Å²) in [5.74, 6) is 2.99. The zero-order valence-electron chi connectivity index (χ0n) is 13.6. The van der Waals surface area contributed by atoms with Crippen molar-refractivity contribution in [1.82, 2.24) is 0 Å². The van der Waals surface area contributed by atoms with Gasteiger partial charge in [0, 0.05) is 23.1 Å². The van der Waals surface area contributed by atoms with Gasteiger partial charge in [-0.3, -0.25) is 0 Å². The lowest BCUT2D eigenvalue weighted by Gasteiger charge is -2.21. The van der Waals surface area contributed by atoms with Gasteiger partial charge < -0.3 is 24.1 Å². The fourth-order valence-electron chi connectivity index (χ4n) is 3.01. The molecule has 0 saturated carbocycles. The van der Waals surface area contributed by atoms with Gasteiger partial charge in [0.2, 0.25) is 0 Å². The van der Waals surface area contributed by atoms with E-state index in [1.165, 1.54) is 0 Å². The molecule has 5 heteroatoms. The van der Waals surface area contributed by atoms with Gasteiger partial charge in [-0.25, -0.2) is 0 Å². The summed E-state index contributed by atoms with van der Waals surface area (Å²) >= 11 is 0. The number of aromatic hydroxyl groups is 1. The van der Waals surface area contributed by atoms with Crippen molar-refractivity contribution in [2.45, 2.75) is 18.9 Å². The molecule has 5 nitrogen and oxygen atoms in total. The first-order valence-electron chi connectivity index (χ1n) is 7.38. The minimum Gasteiger partial charge on any atom is -0.508 e. The Kier molecular flexibility index (Phi) is 3.94. The van der Waals surface area contributed by atoms with E-state index in [0.717, 1.165) is 16.9 Å². The number of ether oxygens (including phenoxy) is 4. The van der Waals surface area contributed by atoms with Gasteiger partial charge in [-0.2, -0.15) is 0 Å². The van der Waals surface area contributed by atoms with Crippen LogP contribution in [0.4, 0.5) is 0 Å². The van der Waals surface area contributed by atoms with Crippen LogP contribution >= 0.6 is 0 Å². The van der Waals surface area contributed by atoms with Gasteiger partial charge in [0.1, 0.15) is 23.4 Å². The number of rotatable bonds is 4. The summed E-state index contributed by atoms with van der Waals surface area (Å²) in [6.45, 7) is 2.06. The quantitative estimate of drug-likeness (QED) is 0.933. The summed E-state index contributed by atoms with van der Waals surface area (Å²) in [7, 11) is 4.80. The molecule has 0 saturated heterocycles. The average molecular weight is 316 g/mol. The number of benzene rings is 2. The molecule has 0 radical (unpaired) electrons. The molecule has 0 unspecified atom stereocenters. The van der Waals surface area contributed by atoms with Crippen molar-refractivity contribution >= 4 is 0 Å². The number of methoxy groups -OCH3 is 3. The molecule has 0 aliphatic carbocycles. The van der Waals surface area contributed by atoms with E-state index in [9.17, 15) is 5.11 Å². The van der Waals surface area contributed by atoms with Crippen LogP contribution in [0, 0.1) is 0 Å². The van der Waals surface area contributed by atoms with E-state index >= 15 is 0 Å². The van der Waals surface area contributed by atoms with E-state index in [0.29, 0.717) is 17.2 Å². The van der Waals surface area contributed by atoms with Crippen molar-refractivity contribution < 1.29 is 24.1 Å². The molecule has 23 heavy (non-hydrogen) atoms. The summed E-state index contributed by atoms with van der Waals surface area (Å²) in [5, 5.41) is 9.71. The fraction of sp³-hybridized carbons (Fsp3) is 0.333. The topological polar surface area (TPSA) is 57.2 Å². The van der Waals surface area contributed by atoms with Gasteiger partial charge in [0.05, 0.1) is 21.3 Å².